The summed E-state index contributed by atoms with van der Waals surface area (Å²) in [5.41, 5.74) is 1.46. The third kappa shape index (κ3) is 3.46. The fourth-order valence-electron chi connectivity index (χ4n) is 1.95. The molecule has 0 amide bonds. The Morgan fingerprint density at radius 2 is 1.89 bits per heavy atom. The van der Waals surface area contributed by atoms with Gasteiger partial charge in [-0.1, -0.05) is 54.3 Å². The van der Waals surface area contributed by atoms with E-state index in [9.17, 15) is 0 Å². The fraction of sp³-hybridized carbons (Fsp3) is 0.500. The highest BCUT2D eigenvalue weighted by Crippen LogP contribution is 2.26. The maximum absolute atomic E-state index is 5.46. The van der Waals surface area contributed by atoms with Crippen LogP contribution in [-0.2, 0) is 6.54 Å². The predicted octanol–water partition coefficient (Wildman–Crippen LogP) is 3.54. The van der Waals surface area contributed by atoms with Crippen LogP contribution < -0.4 is 0 Å². The largest absolute Gasteiger partial charge is 0.340 e. The van der Waals surface area contributed by atoms with E-state index >= 15 is 0 Å². The third-order valence-electron chi connectivity index (χ3n) is 2.99. The molecule has 1 aliphatic rings. The van der Waals surface area contributed by atoms with Crippen LogP contribution in [0.5, 0.6) is 0 Å². The molecule has 1 fully saturated rings. The van der Waals surface area contributed by atoms with Gasteiger partial charge in [0.1, 0.15) is 4.32 Å². The quantitative estimate of drug-likeness (QED) is 0.764. The third-order valence-corrected chi connectivity index (χ3v) is 4.53. The number of thiocarbonyl (C=S) groups is 1. The number of thioether (sulfide) groups is 1. The van der Waals surface area contributed by atoms with Crippen molar-refractivity contribution < 1.29 is 0 Å². The summed E-state index contributed by atoms with van der Waals surface area (Å²) < 4.78 is 1.02. The lowest BCUT2D eigenvalue weighted by Gasteiger charge is -2.44. The van der Waals surface area contributed by atoms with Gasteiger partial charge in [-0.25, -0.2) is 0 Å². The van der Waals surface area contributed by atoms with Crippen molar-refractivity contribution in [3.8, 4) is 0 Å². The van der Waals surface area contributed by atoms with Gasteiger partial charge in [0.05, 0.1) is 12.5 Å². The normalized spacial score (nSPS) is 18.2. The van der Waals surface area contributed by atoms with Crippen LogP contribution in [0.2, 0.25) is 0 Å². The molecule has 1 aliphatic heterocycles. The standard InChI is InChI=1S/C14H20N2S2/c1-14(2,3)16-10-15(11-18-13(16)17)9-12-7-5-4-6-8-12/h4-8H,9-11H2,1-3H3. The minimum Gasteiger partial charge on any atom is -0.340 e. The van der Waals surface area contributed by atoms with Crippen LogP contribution in [0.4, 0.5) is 0 Å². The molecule has 2 nitrogen and oxygen atoms in total. The van der Waals surface area contributed by atoms with Crippen molar-refractivity contribution in [2.75, 3.05) is 12.5 Å². The van der Waals surface area contributed by atoms with Crippen molar-refractivity contribution in [2.45, 2.75) is 32.9 Å². The summed E-state index contributed by atoms with van der Waals surface area (Å²) in [6, 6.07) is 10.6. The van der Waals surface area contributed by atoms with Gasteiger partial charge in [-0.05, 0) is 26.3 Å². The molecule has 0 aliphatic carbocycles. The molecule has 0 saturated carbocycles. The molecule has 1 aromatic carbocycles. The van der Waals surface area contributed by atoms with Gasteiger partial charge in [0, 0.05) is 12.1 Å². The Hall–Kier alpha value is -0.580. The van der Waals surface area contributed by atoms with Crippen molar-refractivity contribution in [1.82, 2.24) is 9.80 Å². The Kier molecular flexibility index (Phi) is 4.30. The van der Waals surface area contributed by atoms with E-state index in [1.54, 1.807) is 11.8 Å². The second-order valence-corrected chi connectivity index (χ2v) is 7.17. The van der Waals surface area contributed by atoms with Crippen molar-refractivity contribution in [1.29, 1.82) is 0 Å². The number of hydrogen-bond acceptors (Lipinski definition) is 3. The first kappa shape index (κ1) is 13.8. The Balaban J connectivity index is 2.02. The molecule has 2 rings (SSSR count). The average Bonchev–Trinajstić information content (AvgIpc) is 2.31. The van der Waals surface area contributed by atoms with E-state index < -0.39 is 0 Å². The van der Waals surface area contributed by atoms with Gasteiger partial charge in [0.15, 0.2) is 0 Å². The van der Waals surface area contributed by atoms with Gasteiger partial charge >= 0.3 is 0 Å². The van der Waals surface area contributed by atoms with Gasteiger partial charge in [-0.2, -0.15) is 0 Å². The number of hydrogen-bond donors (Lipinski definition) is 0. The highest BCUT2D eigenvalue weighted by molar-refractivity contribution is 8.22. The molecule has 0 spiro atoms. The first-order valence-corrected chi connectivity index (χ1v) is 7.57. The molecule has 0 aromatic heterocycles. The molecular weight excluding hydrogens is 260 g/mol. The van der Waals surface area contributed by atoms with Gasteiger partial charge < -0.3 is 4.90 Å². The summed E-state index contributed by atoms with van der Waals surface area (Å²) in [4.78, 5) is 4.74. The maximum atomic E-state index is 5.46. The summed E-state index contributed by atoms with van der Waals surface area (Å²) in [6.45, 7) is 8.55. The van der Waals surface area contributed by atoms with Crippen LogP contribution in [0.3, 0.4) is 0 Å². The van der Waals surface area contributed by atoms with Crippen LogP contribution in [0.15, 0.2) is 30.3 Å². The first-order chi connectivity index (χ1) is 8.47. The van der Waals surface area contributed by atoms with Crippen LogP contribution in [-0.4, -0.2) is 32.2 Å². The Morgan fingerprint density at radius 1 is 1.22 bits per heavy atom. The summed E-state index contributed by atoms with van der Waals surface area (Å²) in [6.07, 6.45) is 0. The molecule has 1 aromatic rings. The predicted molar refractivity (Wildman–Crippen MR) is 83.5 cm³/mol. The molecule has 18 heavy (non-hydrogen) atoms. The summed E-state index contributed by atoms with van der Waals surface area (Å²) >= 11 is 7.22. The topological polar surface area (TPSA) is 6.48 Å². The molecule has 1 heterocycles. The van der Waals surface area contributed by atoms with E-state index in [-0.39, 0.29) is 5.54 Å². The maximum Gasteiger partial charge on any atom is 0.139 e. The highest BCUT2D eigenvalue weighted by atomic mass is 32.2. The molecule has 0 N–H and O–H groups in total. The Bertz CT molecular complexity index is 412. The fourth-order valence-corrected chi connectivity index (χ4v) is 3.39. The van der Waals surface area contributed by atoms with Crippen LogP contribution >= 0.6 is 24.0 Å². The molecule has 0 unspecified atom stereocenters. The van der Waals surface area contributed by atoms with E-state index in [0.717, 1.165) is 23.4 Å². The summed E-state index contributed by atoms with van der Waals surface area (Å²) in [5, 5.41) is 0. The molecule has 0 bridgehead atoms. The van der Waals surface area contributed by atoms with Gasteiger partial charge in [0.25, 0.3) is 0 Å². The zero-order valence-electron chi connectivity index (χ0n) is 11.2. The summed E-state index contributed by atoms with van der Waals surface area (Å²) in [7, 11) is 0. The van der Waals surface area contributed by atoms with E-state index in [1.165, 1.54) is 5.56 Å². The van der Waals surface area contributed by atoms with Crippen molar-refractivity contribution in [3.05, 3.63) is 35.9 Å². The van der Waals surface area contributed by atoms with E-state index in [2.05, 4.69) is 60.9 Å². The average molecular weight is 280 g/mol. The molecule has 4 heteroatoms. The lowest BCUT2D eigenvalue weighted by atomic mass is 10.1. The summed E-state index contributed by atoms with van der Waals surface area (Å²) in [5.74, 6) is 0.986. The number of rotatable bonds is 2. The van der Waals surface area contributed by atoms with E-state index in [4.69, 9.17) is 12.2 Å². The molecule has 98 valence electrons. The zero-order chi connectivity index (χ0) is 13.2. The second kappa shape index (κ2) is 5.59. The number of benzene rings is 1. The Morgan fingerprint density at radius 3 is 2.50 bits per heavy atom. The van der Waals surface area contributed by atoms with E-state index in [0.29, 0.717) is 0 Å². The minimum absolute atomic E-state index is 0.0967. The second-order valence-electron chi connectivity index (χ2n) is 5.59. The van der Waals surface area contributed by atoms with Crippen LogP contribution in [0.25, 0.3) is 0 Å². The Labute approximate surface area is 119 Å². The lowest BCUT2D eigenvalue weighted by molar-refractivity contribution is 0.133. The molecule has 0 radical (unpaired) electrons. The molecular formula is C14H20N2S2. The first-order valence-electron chi connectivity index (χ1n) is 6.17. The smallest absolute Gasteiger partial charge is 0.139 e. The SMILES string of the molecule is CC(C)(C)N1CN(Cc2ccccc2)CSC1=S. The van der Waals surface area contributed by atoms with Gasteiger partial charge in [-0.3, -0.25) is 4.90 Å². The number of nitrogens with zero attached hydrogens (tertiary/aromatic N) is 2. The molecule has 0 atom stereocenters. The van der Waals surface area contributed by atoms with Gasteiger partial charge in [-0.15, -0.1) is 0 Å². The van der Waals surface area contributed by atoms with Crippen molar-refractivity contribution in [2.24, 2.45) is 0 Å². The van der Waals surface area contributed by atoms with Gasteiger partial charge in [0.2, 0.25) is 0 Å². The molecule has 1 saturated heterocycles. The van der Waals surface area contributed by atoms with E-state index in [1.807, 2.05) is 0 Å². The van der Waals surface area contributed by atoms with Crippen LogP contribution in [0, 0.1) is 0 Å². The highest BCUT2D eigenvalue weighted by Gasteiger charge is 2.29. The van der Waals surface area contributed by atoms with Crippen molar-refractivity contribution in [3.63, 3.8) is 0 Å². The van der Waals surface area contributed by atoms with Crippen molar-refractivity contribution >= 4 is 28.3 Å². The monoisotopic (exact) mass is 280 g/mol. The minimum atomic E-state index is 0.0967. The lowest BCUT2D eigenvalue weighted by Crippen LogP contribution is -2.52. The zero-order valence-corrected chi connectivity index (χ0v) is 12.9. The van der Waals surface area contributed by atoms with Crippen LogP contribution in [0.1, 0.15) is 26.3 Å².